The van der Waals surface area contributed by atoms with E-state index in [2.05, 4.69) is 5.32 Å². The maximum atomic E-state index is 12.1. The van der Waals surface area contributed by atoms with Crippen LogP contribution in [-0.2, 0) is 4.79 Å². The predicted octanol–water partition coefficient (Wildman–Crippen LogP) is 2.00. The van der Waals surface area contributed by atoms with Gasteiger partial charge in [0, 0.05) is 31.6 Å². The molecule has 1 N–H and O–H groups in total. The van der Waals surface area contributed by atoms with Gasteiger partial charge in [0.2, 0.25) is 5.91 Å². The Morgan fingerprint density at radius 3 is 2.79 bits per heavy atom. The molecule has 1 aliphatic rings. The fourth-order valence-corrected chi connectivity index (χ4v) is 2.23. The minimum absolute atomic E-state index is 0.0204. The fourth-order valence-electron chi connectivity index (χ4n) is 1.94. The van der Waals surface area contributed by atoms with Crippen molar-refractivity contribution in [3.63, 3.8) is 0 Å². The van der Waals surface area contributed by atoms with Gasteiger partial charge in [-0.3, -0.25) is 14.5 Å². The first kappa shape index (κ1) is 14.3. The van der Waals surface area contributed by atoms with E-state index < -0.39 is 0 Å². The third-order valence-electron chi connectivity index (χ3n) is 3.01. The molecule has 1 fully saturated rings. The highest BCUT2D eigenvalue weighted by Crippen LogP contribution is 2.22. The average molecular weight is 301 g/mol. The predicted molar refractivity (Wildman–Crippen MR) is 74.9 cm³/mol. The molecule has 19 heavy (non-hydrogen) atoms. The van der Waals surface area contributed by atoms with Crippen molar-refractivity contribution >= 4 is 34.9 Å². The van der Waals surface area contributed by atoms with Crippen molar-refractivity contribution in [2.45, 2.75) is 6.42 Å². The zero-order valence-corrected chi connectivity index (χ0v) is 11.8. The molecule has 0 aromatic heterocycles. The monoisotopic (exact) mass is 300 g/mol. The van der Waals surface area contributed by atoms with E-state index in [1.807, 2.05) is 4.90 Å². The minimum Gasteiger partial charge on any atom is -0.355 e. The molecule has 0 radical (unpaired) electrons. The summed E-state index contributed by atoms with van der Waals surface area (Å²) < 4.78 is 0. The SMILES string of the molecule is O=C1CCN(CC(=O)c2ccc(Cl)c(Cl)c2)CCN1. The van der Waals surface area contributed by atoms with Crippen LogP contribution in [-0.4, -0.2) is 42.8 Å². The lowest BCUT2D eigenvalue weighted by Gasteiger charge is -2.17. The Hall–Kier alpha value is -1.10. The number of hydrogen-bond acceptors (Lipinski definition) is 3. The van der Waals surface area contributed by atoms with Crippen LogP contribution in [0.5, 0.6) is 0 Å². The molecule has 0 atom stereocenters. The summed E-state index contributed by atoms with van der Waals surface area (Å²) in [7, 11) is 0. The van der Waals surface area contributed by atoms with Gasteiger partial charge in [-0.05, 0) is 18.2 Å². The number of carbonyl (C=O) groups excluding carboxylic acids is 2. The smallest absolute Gasteiger partial charge is 0.221 e. The molecule has 0 spiro atoms. The molecule has 4 nitrogen and oxygen atoms in total. The van der Waals surface area contributed by atoms with Crippen molar-refractivity contribution in [1.82, 2.24) is 10.2 Å². The second kappa shape index (κ2) is 6.37. The zero-order valence-electron chi connectivity index (χ0n) is 10.3. The lowest BCUT2D eigenvalue weighted by molar-refractivity contribution is -0.120. The summed E-state index contributed by atoms with van der Waals surface area (Å²) in [5.41, 5.74) is 0.540. The molecule has 1 amide bonds. The third-order valence-corrected chi connectivity index (χ3v) is 3.75. The van der Waals surface area contributed by atoms with Crippen molar-refractivity contribution in [2.75, 3.05) is 26.2 Å². The van der Waals surface area contributed by atoms with E-state index in [0.717, 1.165) is 0 Å². The molecule has 2 rings (SSSR count). The number of Topliss-reactive ketones (excluding diaryl/α,β-unsaturated/α-hetero) is 1. The Morgan fingerprint density at radius 1 is 1.26 bits per heavy atom. The first-order valence-corrected chi connectivity index (χ1v) is 6.79. The van der Waals surface area contributed by atoms with Gasteiger partial charge >= 0.3 is 0 Å². The van der Waals surface area contributed by atoms with Crippen LogP contribution in [0.2, 0.25) is 10.0 Å². The van der Waals surface area contributed by atoms with E-state index in [4.69, 9.17) is 23.2 Å². The Labute approximate surface area is 121 Å². The van der Waals surface area contributed by atoms with E-state index in [0.29, 0.717) is 41.7 Å². The first-order chi connectivity index (χ1) is 9.06. The van der Waals surface area contributed by atoms with Gasteiger partial charge in [-0.1, -0.05) is 23.2 Å². The van der Waals surface area contributed by atoms with Gasteiger partial charge in [0.1, 0.15) is 0 Å². The van der Waals surface area contributed by atoms with Crippen LogP contribution in [0.25, 0.3) is 0 Å². The van der Waals surface area contributed by atoms with Crippen molar-refractivity contribution < 1.29 is 9.59 Å². The topological polar surface area (TPSA) is 49.4 Å². The molecule has 1 aromatic rings. The van der Waals surface area contributed by atoms with Gasteiger partial charge in [0.25, 0.3) is 0 Å². The largest absolute Gasteiger partial charge is 0.355 e. The average Bonchev–Trinajstić information content (AvgIpc) is 2.58. The highest BCUT2D eigenvalue weighted by atomic mass is 35.5. The summed E-state index contributed by atoms with van der Waals surface area (Å²) in [5.74, 6) is 0.0115. The lowest BCUT2D eigenvalue weighted by atomic mass is 10.1. The second-order valence-electron chi connectivity index (χ2n) is 4.43. The first-order valence-electron chi connectivity index (χ1n) is 6.03. The van der Waals surface area contributed by atoms with E-state index in [-0.39, 0.29) is 18.2 Å². The second-order valence-corrected chi connectivity index (χ2v) is 5.24. The number of ketones is 1. The van der Waals surface area contributed by atoms with Crippen molar-refractivity contribution in [1.29, 1.82) is 0 Å². The van der Waals surface area contributed by atoms with Gasteiger partial charge < -0.3 is 5.32 Å². The lowest BCUT2D eigenvalue weighted by Crippen LogP contribution is -2.33. The van der Waals surface area contributed by atoms with Crippen molar-refractivity contribution in [3.8, 4) is 0 Å². The van der Waals surface area contributed by atoms with E-state index in [1.54, 1.807) is 18.2 Å². The molecule has 6 heteroatoms. The van der Waals surface area contributed by atoms with Crippen molar-refractivity contribution in [3.05, 3.63) is 33.8 Å². The Morgan fingerprint density at radius 2 is 2.05 bits per heavy atom. The van der Waals surface area contributed by atoms with Crippen LogP contribution in [0.15, 0.2) is 18.2 Å². The summed E-state index contributed by atoms with van der Waals surface area (Å²) in [4.78, 5) is 25.3. The maximum Gasteiger partial charge on any atom is 0.221 e. The number of hydrogen-bond donors (Lipinski definition) is 1. The standard InChI is InChI=1S/C13H14Cl2N2O2/c14-10-2-1-9(7-11(10)15)12(18)8-17-5-3-13(19)16-4-6-17/h1-2,7H,3-6,8H2,(H,16,19). The Balaban J connectivity index is 2.00. The molecule has 0 unspecified atom stereocenters. The van der Waals surface area contributed by atoms with Gasteiger partial charge in [-0.25, -0.2) is 0 Å². The van der Waals surface area contributed by atoms with E-state index >= 15 is 0 Å². The third kappa shape index (κ3) is 3.93. The van der Waals surface area contributed by atoms with Crippen LogP contribution in [0.1, 0.15) is 16.8 Å². The van der Waals surface area contributed by atoms with Gasteiger partial charge in [-0.2, -0.15) is 0 Å². The summed E-state index contributed by atoms with van der Waals surface area (Å²) in [6.07, 6.45) is 0.425. The summed E-state index contributed by atoms with van der Waals surface area (Å²) in [6.45, 7) is 2.14. The van der Waals surface area contributed by atoms with Gasteiger partial charge in [-0.15, -0.1) is 0 Å². The van der Waals surface area contributed by atoms with Crippen molar-refractivity contribution in [2.24, 2.45) is 0 Å². The number of benzene rings is 1. The zero-order chi connectivity index (χ0) is 13.8. The minimum atomic E-state index is -0.0204. The Bertz CT molecular complexity index is 505. The maximum absolute atomic E-state index is 12.1. The van der Waals surface area contributed by atoms with E-state index in [9.17, 15) is 9.59 Å². The van der Waals surface area contributed by atoms with Crippen LogP contribution in [0.3, 0.4) is 0 Å². The molecule has 1 aromatic carbocycles. The van der Waals surface area contributed by atoms with Crippen LogP contribution < -0.4 is 5.32 Å². The van der Waals surface area contributed by atoms with E-state index in [1.165, 1.54) is 0 Å². The summed E-state index contributed by atoms with van der Waals surface area (Å²) in [6, 6.07) is 4.86. The number of nitrogens with zero attached hydrogens (tertiary/aromatic N) is 1. The summed E-state index contributed by atoms with van der Waals surface area (Å²) >= 11 is 11.7. The van der Waals surface area contributed by atoms with Crippen LogP contribution in [0, 0.1) is 0 Å². The Kier molecular flexibility index (Phi) is 4.80. The molecule has 1 saturated heterocycles. The molecule has 102 valence electrons. The number of amides is 1. The van der Waals surface area contributed by atoms with Crippen LogP contribution in [0.4, 0.5) is 0 Å². The normalized spacial score (nSPS) is 16.8. The molecule has 0 aliphatic carbocycles. The molecule has 0 saturated carbocycles. The van der Waals surface area contributed by atoms with Crippen LogP contribution >= 0.6 is 23.2 Å². The molecule has 0 bridgehead atoms. The number of rotatable bonds is 3. The molecular formula is C13H14Cl2N2O2. The number of carbonyl (C=O) groups is 2. The highest BCUT2D eigenvalue weighted by molar-refractivity contribution is 6.42. The summed E-state index contributed by atoms with van der Waals surface area (Å²) in [5, 5.41) is 3.58. The number of nitrogens with one attached hydrogen (secondary N) is 1. The molecule has 1 heterocycles. The van der Waals surface area contributed by atoms with Gasteiger partial charge in [0.05, 0.1) is 16.6 Å². The van der Waals surface area contributed by atoms with Gasteiger partial charge in [0.15, 0.2) is 5.78 Å². The highest BCUT2D eigenvalue weighted by Gasteiger charge is 2.17. The molecule has 1 aliphatic heterocycles. The quantitative estimate of drug-likeness (QED) is 0.869. The fraction of sp³-hybridized carbons (Fsp3) is 0.385. The molecular weight excluding hydrogens is 287 g/mol. The number of halogens is 2.